The van der Waals surface area contributed by atoms with Gasteiger partial charge in [-0.3, -0.25) is 0 Å². The van der Waals surface area contributed by atoms with E-state index in [1.807, 2.05) is 13.0 Å². The lowest BCUT2D eigenvalue weighted by atomic mass is 9.97. The monoisotopic (exact) mass is 654 g/mol. The molecule has 0 radical (unpaired) electrons. The maximum absolute atomic E-state index is 15.2. The van der Waals surface area contributed by atoms with Gasteiger partial charge in [-0.05, 0) is 61.6 Å². The molecule has 4 aromatic rings. The second-order valence-corrected chi connectivity index (χ2v) is 10.9. The fourth-order valence-electron chi connectivity index (χ4n) is 5.22. The summed E-state index contributed by atoms with van der Waals surface area (Å²) in [6.45, 7) is 4.44. The number of benzene rings is 4. The maximum Gasteiger partial charge on any atom is 0.432 e. The number of allylic oxidation sites excluding steroid dienone is 2. The maximum atomic E-state index is 15.2. The van der Waals surface area contributed by atoms with Crippen LogP contribution in [0.25, 0.3) is 22.3 Å². The highest BCUT2D eigenvalue weighted by Gasteiger charge is 2.41. The molecule has 1 heterocycles. The van der Waals surface area contributed by atoms with Crippen molar-refractivity contribution in [3.8, 4) is 39.8 Å². The standard InChI is InChI=1S/C37H29F7O3/c1-3-5-6-8-22-20-45-36(46-21-22)24-11-9-23(10-12-24)25-13-14-28(30(38)15-25)26-16-33(41)35(34(42)17-26)37(43,44)47-27-18-31(39)29(7-4-2)32(40)19-27/h3,5,9-19,22,36H,6,8,20-21H2,1-2H3. The van der Waals surface area contributed by atoms with E-state index in [4.69, 9.17) is 9.47 Å². The molecule has 10 heteroatoms. The van der Waals surface area contributed by atoms with Crippen molar-refractivity contribution in [1.82, 2.24) is 0 Å². The first-order valence-electron chi connectivity index (χ1n) is 14.7. The molecule has 1 aliphatic rings. The topological polar surface area (TPSA) is 27.7 Å². The molecule has 0 spiro atoms. The highest BCUT2D eigenvalue weighted by molar-refractivity contribution is 5.71. The minimum atomic E-state index is -4.68. The summed E-state index contributed by atoms with van der Waals surface area (Å²) in [6, 6.07) is 13.0. The molecule has 0 atom stereocenters. The Morgan fingerprint density at radius 1 is 0.787 bits per heavy atom. The molecule has 0 aromatic heterocycles. The Labute approximate surface area is 267 Å². The molecule has 4 aromatic carbocycles. The van der Waals surface area contributed by atoms with Crippen LogP contribution in [0.15, 0.2) is 78.9 Å². The number of hydrogen-bond donors (Lipinski definition) is 0. The quantitative estimate of drug-likeness (QED) is 0.102. The lowest BCUT2D eigenvalue weighted by Crippen LogP contribution is -2.27. The number of ether oxygens (including phenoxy) is 3. The molecular formula is C37H29F7O3. The lowest BCUT2D eigenvalue weighted by molar-refractivity contribution is -0.205. The molecule has 0 amide bonds. The highest BCUT2D eigenvalue weighted by atomic mass is 19.3. The number of alkyl halides is 2. The van der Waals surface area contributed by atoms with Crippen molar-refractivity contribution < 1.29 is 44.9 Å². The second-order valence-electron chi connectivity index (χ2n) is 10.9. The van der Waals surface area contributed by atoms with E-state index >= 15 is 4.39 Å². The zero-order valence-electron chi connectivity index (χ0n) is 25.4. The third-order valence-electron chi connectivity index (χ3n) is 7.58. The van der Waals surface area contributed by atoms with E-state index in [2.05, 4.69) is 22.7 Å². The molecule has 1 fully saturated rings. The van der Waals surface area contributed by atoms with E-state index in [9.17, 15) is 26.3 Å². The predicted octanol–water partition coefficient (Wildman–Crippen LogP) is 10.2. The molecule has 0 N–H and O–H groups in total. The van der Waals surface area contributed by atoms with Crippen molar-refractivity contribution in [2.45, 2.75) is 39.1 Å². The molecule has 47 heavy (non-hydrogen) atoms. The number of halogens is 7. The minimum Gasteiger partial charge on any atom is -0.429 e. The Balaban J connectivity index is 1.30. The smallest absolute Gasteiger partial charge is 0.429 e. The first-order chi connectivity index (χ1) is 22.5. The van der Waals surface area contributed by atoms with Crippen LogP contribution in [0.3, 0.4) is 0 Å². The van der Waals surface area contributed by atoms with Crippen LogP contribution in [0.2, 0.25) is 0 Å². The first-order valence-corrected chi connectivity index (χ1v) is 14.7. The number of rotatable bonds is 9. The zero-order chi connectivity index (χ0) is 33.7. The molecule has 0 aliphatic carbocycles. The Morgan fingerprint density at radius 3 is 1.96 bits per heavy atom. The van der Waals surface area contributed by atoms with Gasteiger partial charge in [-0.2, -0.15) is 8.78 Å². The van der Waals surface area contributed by atoms with Crippen molar-refractivity contribution in [2.24, 2.45) is 5.92 Å². The molecule has 1 aliphatic heterocycles. The van der Waals surface area contributed by atoms with Gasteiger partial charge in [0.25, 0.3) is 0 Å². The van der Waals surface area contributed by atoms with Crippen molar-refractivity contribution in [2.75, 3.05) is 13.2 Å². The molecule has 0 unspecified atom stereocenters. The summed E-state index contributed by atoms with van der Waals surface area (Å²) in [4.78, 5) is 0. The molecule has 0 saturated carbocycles. The van der Waals surface area contributed by atoms with Gasteiger partial charge in [0.2, 0.25) is 0 Å². The number of hydrogen-bond acceptors (Lipinski definition) is 3. The van der Waals surface area contributed by atoms with E-state index < -0.39 is 58.4 Å². The summed E-state index contributed by atoms with van der Waals surface area (Å²) >= 11 is 0. The summed E-state index contributed by atoms with van der Waals surface area (Å²) in [5.41, 5.74) is -1.19. The first kappa shape index (κ1) is 33.8. The summed E-state index contributed by atoms with van der Waals surface area (Å²) in [6.07, 6.45) is 0.842. The van der Waals surface area contributed by atoms with Crippen molar-refractivity contribution in [1.29, 1.82) is 0 Å². The summed E-state index contributed by atoms with van der Waals surface area (Å²) < 4.78 is 119. The van der Waals surface area contributed by atoms with Gasteiger partial charge < -0.3 is 14.2 Å². The largest absolute Gasteiger partial charge is 0.432 e. The van der Waals surface area contributed by atoms with Crippen LogP contribution in [0.1, 0.15) is 49.7 Å². The third-order valence-corrected chi connectivity index (χ3v) is 7.58. The van der Waals surface area contributed by atoms with Crippen molar-refractivity contribution in [3.63, 3.8) is 0 Å². The van der Waals surface area contributed by atoms with Gasteiger partial charge in [0.1, 0.15) is 40.4 Å². The predicted molar refractivity (Wildman–Crippen MR) is 163 cm³/mol. The van der Waals surface area contributed by atoms with E-state index in [1.54, 1.807) is 24.3 Å². The van der Waals surface area contributed by atoms with Gasteiger partial charge in [-0.25, -0.2) is 22.0 Å². The molecular weight excluding hydrogens is 625 g/mol. The van der Waals surface area contributed by atoms with Crippen LogP contribution in [0.4, 0.5) is 30.7 Å². The molecule has 1 saturated heterocycles. The van der Waals surface area contributed by atoms with E-state index in [1.165, 1.54) is 19.1 Å². The Hall–Kier alpha value is -4.59. The Bertz CT molecular complexity index is 1790. The van der Waals surface area contributed by atoms with Crippen LogP contribution in [-0.4, -0.2) is 13.2 Å². The van der Waals surface area contributed by atoms with Crippen LogP contribution in [0.5, 0.6) is 5.75 Å². The van der Waals surface area contributed by atoms with Crippen molar-refractivity contribution in [3.05, 3.63) is 125 Å². The molecule has 244 valence electrons. The lowest BCUT2D eigenvalue weighted by Gasteiger charge is -2.29. The second kappa shape index (κ2) is 14.4. The highest BCUT2D eigenvalue weighted by Crippen LogP contribution is 2.39. The normalized spacial score (nSPS) is 16.6. The van der Waals surface area contributed by atoms with Crippen LogP contribution in [-0.2, 0) is 15.6 Å². The van der Waals surface area contributed by atoms with Gasteiger partial charge in [0.15, 0.2) is 6.29 Å². The average molecular weight is 655 g/mol. The fourth-order valence-corrected chi connectivity index (χ4v) is 5.22. The summed E-state index contributed by atoms with van der Waals surface area (Å²) in [5, 5.41) is 0. The minimum absolute atomic E-state index is 0.247. The SMILES string of the molecule is CC#Cc1c(F)cc(OC(F)(F)c2c(F)cc(-c3ccc(-c4ccc(C5OCC(CCC=CC)CO5)cc4)cc3F)cc2F)cc1F. The van der Waals surface area contributed by atoms with Gasteiger partial charge in [0, 0.05) is 29.2 Å². The van der Waals surface area contributed by atoms with E-state index in [-0.39, 0.29) is 11.1 Å². The van der Waals surface area contributed by atoms with Crippen LogP contribution < -0.4 is 4.74 Å². The Morgan fingerprint density at radius 2 is 1.38 bits per heavy atom. The summed E-state index contributed by atoms with van der Waals surface area (Å²) in [7, 11) is 0. The molecule has 0 bridgehead atoms. The van der Waals surface area contributed by atoms with E-state index in [0.717, 1.165) is 24.5 Å². The zero-order valence-corrected chi connectivity index (χ0v) is 25.4. The average Bonchev–Trinajstić information content (AvgIpc) is 3.02. The van der Waals surface area contributed by atoms with Gasteiger partial charge in [-0.1, -0.05) is 54.5 Å². The van der Waals surface area contributed by atoms with Crippen LogP contribution >= 0.6 is 0 Å². The Kier molecular flexibility index (Phi) is 10.4. The van der Waals surface area contributed by atoms with Crippen LogP contribution in [0, 0.1) is 46.8 Å². The van der Waals surface area contributed by atoms with Gasteiger partial charge in [0.05, 0.1) is 18.8 Å². The van der Waals surface area contributed by atoms with E-state index in [0.29, 0.717) is 54.5 Å². The van der Waals surface area contributed by atoms with Crippen molar-refractivity contribution >= 4 is 0 Å². The summed E-state index contributed by atoms with van der Waals surface area (Å²) in [5.74, 6) is -3.26. The fraction of sp³-hybridized carbons (Fsp3) is 0.243. The molecule has 5 rings (SSSR count). The van der Waals surface area contributed by atoms with Gasteiger partial charge >= 0.3 is 6.11 Å². The molecule has 3 nitrogen and oxygen atoms in total. The third kappa shape index (κ3) is 7.70. The van der Waals surface area contributed by atoms with Gasteiger partial charge in [-0.15, -0.1) is 5.92 Å².